The van der Waals surface area contributed by atoms with Crippen LogP contribution in [0.4, 0.5) is 0 Å². The van der Waals surface area contributed by atoms with Gasteiger partial charge >= 0.3 is 0 Å². The molecule has 0 aliphatic carbocycles. The van der Waals surface area contributed by atoms with Crippen molar-refractivity contribution in [3.8, 4) is 0 Å². The zero-order chi connectivity index (χ0) is 15.0. The Labute approximate surface area is 128 Å². The highest BCUT2D eigenvalue weighted by molar-refractivity contribution is 7.07. The molecule has 2 fully saturated rings. The summed E-state index contributed by atoms with van der Waals surface area (Å²) in [6, 6.07) is 2.05. The molecule has 6 heteroatoms. The van der Waals surface area contributed by atoms with Gasteiger partial charge in [-0.3, -0.25) is 14.5 Å². The van der Waals surface area contributed by atoms with Gasteiger partial charge in [0.1, 0.15) is 6.04 Å². The van der Waals surface area contributed by atoms with Gasteiger partial charge in [-0.15, -0.1) is 0 Å². The second-order valence-corrected chi connectivity index (χ2v) is 6.73. The molecule has 0 aromatic carbocycles. The number of carbonyl (C=O) groups excluding carboxylic acids is 2. The first-order valence-electron chi connectivity index (χ1n) is 7.34. The van der Waals surface area contributed by atoms with Crippen molar-refractivity contribution in [2.75, 3.05) is 20.1 Å². The summed E-state index contributed by atoms with van der Waals surface area (Å²) >= 11 is 1.71. The van der Waals surface area contributed by atoms with Gasteiger partial charge in [-0.05, 0) is 34.7 Å². The van der Waals surface area contributed by atoms with Gasteiger partial charge in [0.15, 0.2) is 0 Å². The molecule has 2 aliphatic rings. The van der Waals surface area contributed by atoms with Crippen LogP contribution >= 0.6 is 11.3 Å². The smallest absolute Gasteiger partial charge is 0.242 e. The summed E-state index contributed by atoms with van der Waals surface area (Å²) in [5.41, 5.74) is 1.33. The Morgan fingerprint density at radius 2 is 2.24 bits per heavy atom. The topological polar surface area (TPSA) is 52.7 Å². The summed E-state index contributed by atoms with van der Waals surface area (Å²) in [6.45, 7) is 4.35. The highest BCUT2D eigenvalue weighted by atomic mass is 32.1. The van der Waals surface area contributed by atoms with Gasteiger partial charge in [0, 0.05) is 39.6 Å². The fourth-order valence-electron chi connectivity index (χ4n) is 3.74. The molecule has 5 nitrogen and oxygen atoms in total. The lowest BCUT2D eigenvalue weighted by atomic mass is 10.0. The molecule has 1 N–H and O–H groups in total. The molecular weight excluding hydrogens is 286 g/mol. The van der Waals surface area contributed by atoms with Crippen molar-refractivity contribution in [3.05, 3.63) is 22.4 Å². The number of hydrogen-bond donors (Lipinski definition) is 1. The van der Waals surface area contributed by atoms with Crippen LogP contribution in [-0.2, 0) is 16.1 Å². The van der Waals surface area contributed by atoms with Crippen LogP contribution in [0.5, 0.6) is 0 Å². The fraction of sp³-hybridized carbons (Fsp3) is 0.600. The van der Waals surface area contributed by atoms with Gasteiger partial charge in [0.05, 0.1) is 0 Å². The monoisotopic (exact) mass is 307 g/mol. The Bertz CT molecular complexity index is 531. The Hall–Kier alpha value is -1.40. The Morgan fingerprint density at radius 1 is 1.43 bits per heavy atom. The van der Waals surface area contributed by atoms with Crippen molar-refractivity contribution in [2.24, 2.45) is 5.92 Å². The lowest BCUT2D eigenvalue weighted by Crippen LogP contribution is -2.49. The van der Waals surface area contributed by atoms with Crippen LogP contribution in [0.3, 0.4) is 0 Å². The molecule has 2 amide bonds. The van der Waals surface area contributed by atoms with E-state index >= 15 is 0 Å². The SMILES string of the molecule is CNC(=O)[C@H]1C[C@@H]2CN(Cc3ccsc3)C[C@@H]2N1C(C)=O. The maximum absolute atomic E-state index is 12.0. The predicted octanol–water partition coefficient (Wildman–Crippen LogP) is 0.915. The van der Waals surface area contributed by atoms with Crippen LogP contribution in [0.25, 0.3) is 0 Å². The summed E-state index contributed by atoms with van der Waals surface area (Å²) in [4.78, 5) is 28.2. The largest absolute Gasteiger partial charge is 0.357 e. The minimum Gasteiger partial charge on any atom is -0.357 e. The van der Waals surface area contributed by atoms with Gasteiger partial charge in [-0.1, -0.05) is 0 Å². The second-order valence-electron chi connectivity index (χ2n) is 5.95. The van der Waals surface area contributed by atoms with E-state index in [0.29, 0.717) is 5.92 Å². The number of hydrogen-bond acceptors (Lipinski definition) is 4. The average molecular weight is 307 g/mol. The number of likely N-dealkylation sites (tertiary alicyclic amines) is 2. The molecule has 2 saturated heterocycles. The predicted molar refractivity (Wildman–Crippen MR) is 81.9 cm³/mol. The van der Waals surface area contributed by atoms with Crippen molar-refractivity contribution >= 4 is 23.2 Å². The van der Waals surface area contributed by atoms with Crippen LogP contribution in [0.15, 0.2) is 16.8 Å². The molecule has 3 atom stereocenters. The van der Waals surface area contributed by atoms with Gasteiger partial charge in [-0.2, -0.15) is 11.3 Å². The standard InChI is InChI=1S/C15H21N3O2S/c1-10(19)18-13(15(20)16-2)5-12-7-17(8-14(12)18)6-11-3-4-21-9-11/h3-4,9,12-14H,5-8H2,1-2H3,(H,16,20)/t12-,13-,14+/m1/s1. The van der Waals surface area contributed by atoms with Gasteiger partial charge < -0.3 is 10.2 Å². The molecule has 3 heterocycles. The summed E-state index contributed by atoms with van der Waals surface area (Å²) in [5.74, 6) is 0.382. The maximum Gasteiger partial charge on any atom is 0.242 e. The van der Waals surface area contributed by atoms with Crippen LogP contribution in [0.2, 0.25) is 0 Å². The van der Waals surface area contributed by atoms with Crippen molar-refractivity contribution in [1.29, 1.82) is 0 Å². The molecule has 1 aromatic heterocycles. The van der Waals surface area contributed by atoms with Crippen LogP contribution in [-0.4, -0.2) is 53.8 Å². The van der Waals surface area contributed by atoms with E-state index in [-0.39, 0.29) is 23.9 Å². The molecule has 0 unspecified atom stereocenters. The lowest BCUT2D eigenvalue weighted by Gasteiger charge is -2.28. The van der Waals surface area contributed by atoms with E-state index in [0.717, 1.165) is 26.1 Å². The number of nitrogens with one attached hydrogen (secondary N) is 1. The average Bonchev–Trinajstić information content (AvgIpc) is 3.12. The number of thiophene rings is 1. The number of fused-ring (bicyclic) bond motifs is 1. The second kappa shape index (κ2) is 5.77. The van der Waals surface area contributed by atoms with E-state index in [9.17, 15) is 9.59 Å². The first kappa shape index (κ1) is 14.5. The van der Waals surface area contributed by atoms with Gasteiger partial charge in [-0.25, -0.2) is 0 Å². The first-order valence-corrected chi connectivity index (χ1v) is 8.28. The number of rotatable bonds is 3. The zero-order valence-electron chi connectivity index (χ0n) is 12.4. The molecule has 0 radical (unpaired) electrons. The summed E-state index contributed by atoms with van der Waals surface area (Å²) in [5, 5.41) is 6.95. The van der Waals surface area contributed by atoms with E-state index in [1.807, 2.05) is 0 Å². The van der Waals surface area contributed by atoms with E-state index in [1.165, 1.54) is 5.56 Å². The maximum atomic E-state index is 12.0. The van der Waals surface area contributed by atoms with Gasteiger partial charge in [0.2, 0.25) is 11.8 Å². The van der Waals surface area contributed by atoms with Crippen molar-refractivity contribution in [2.45, 2.75) is 32.0 Å². The highest BCUT2D eigenvalue weighted by Crippen LogP contribution is 2.36. The quantitative estimate of drug-likeness (QED) is 0.903. The zero-order valence-corrected chi connectivity index (χ0v) is 13.2. The van der Waals surface area contributed by atoms with E-state index in [4.69, 9.17) is 0 Å². The highest BCUT2D eigenvalue weighted by Gasteiger charge is 2.49. The summed E-state index contributed by atoms with van der Waals surface area (Å²) in [6.07, 6.45) is 0.782. The third kappa shape index (κ3) is 2.70. The van der Waals surface area contributed by atoms with Crippen molar-refractivity contribution in [3.63, 3.8) is 0 Å². The van der Waals surface area contributed by atoms with E-state index in [2.05, 4.69) is 27.0 Å². The Morgan fingerprint density at radius 3 is 2.86 bits per heavy atom. The molecule has 0 spiro atoms. The minimum absolute atomic E-state index is 0.00785. The van der Waals surface area contributed by atoms with E-state index < -0.39 is 0 Å². The Kier molecular flexibility index (Phi) is 3.99. The number of carbonyl (C=O) groups is 2. The first-order chi connectivity index (χ1) is 10.1. The summed E-state index contributed by atoms with van der Waals surface area (Å²) < 4.78 is 0. The van der Waals surface area contributed by atoms with Crippen molar-refractivity contribution in [1.82, 2.24) is 15.1 Å². The number of amides is 2. The molecule has 0 saturated carbocycles. The fourth-order valence-corrected chi connectivity index (χ4v) is 4.40. The molecular formula is C15H21N3O2S. The van der Waals surface area contributed by atoms with Crippen LogP contribution in [0.1, 0.15) is 18.9 Å². The third-order valence-electron chi connectivity index (χ3n) is 4.60. The van der Waals surface area contributed by atoms with Crippen LogP contribution < -0.4 is 5.32 Å². The van der Waals surface area contributed by atoms with Gasteiger partial charge in [0.25, 0.3) is 0 Å². The lowest BCUT2D eigenvalue weighted by molar-refractivity contribution is -0.138. The minimum atomic E-state index is -0.286. The summed E-state index contributed by atoms with van der Waals surface area (Å²) in [7, 11) is 1.64. The van der Waals surface area contributed by atoms with E-state index in [1.54, 1.807) is 30.2 Å². The number of likely N-dealkylation sites (N-methyl/N-ethyl adjacent to an activating group) is 1. The Balaban J connectivity index is 1.70. The normalized spacial score (nSPS) is 28.7. The molecule has 114 valence electrons. The molecule has 3 rings (SSSR count). The molecule has 1 aromatic rings. The van der Waals surface area contributed by atoms with Crippen LogP contribution in [0, 0.1) is 5.92 Å². The molecule has 2 aliphatic heterocycles. The number of nitrogens with zero attached hydrogens (tertiary/aromatic N) is 2. The third-order valence-corrected chi connectivity index (χ3v) is 5.33. The van der Waals surface area contributed by atoms with Crippen molar-refractivity contribution < 1.29 is 9.59 Å². The molecule has 21 heavy (non-hydrogen) atoms. The molecule has 0 bridgehead atoms.